The third kappa shape index (κ3) is 2.20. The summed E-state index contributed by atoms with van der Waals surface area (Å²) in [5.41, 5.74) is 0.364. The van der Waals surface area contributed by atoms with Crippen molar-refractivity contribution in [3.05, 3.63) is 23.0 Å². The molecular formula is C8H6ClN2O3. The summed E-state index contributed by atoms with van der Waals surface area (Å²) >= 11 is 5.71. The minimum absolute atomic E-state index is 0.00520. The Morgan fingerprint density at radius 2 is 2.43 bits per heavy atom. The molecule has 1 amide bonds. The van der Waals surface area contributed by atoms with E-state index in [9.17, 15) is 9.59 Å². The summed E-state index contributed by atoms with van der Waals surface area (Å²) in [6.45, 7) is 0. The van der Waals surface area contributed by atoms with Gasteiger partial charge in [0.05, 0.1) is 24.0 Å². The Balaban J connectivity index is 3.00. The highest BCUT2D eigenvalue weighted by Gasteiger charge is 2.12. The molecule has 1 heterocycles. The van der Waals surface area contributed by atoms with Gasteiger partial charge in [0, 0.05) is 0 Å². The van der Waals surface area contributed by atoms with Crippen molar-refractivity contribution in [2.24, 2.45) is 0 Å². The number of pyridine rings is 1. The zero-order chi connectivity index (χ0) is 10.6. The second kappa shape index (κ2) is 4.57. The molecule has 0 aliphatic carbocycles. The Morgan fingerprint density at radius 3 is 2.93 bits per heavy atom. The van der Waals surface area contributed by atoms with Crippen molar-refractivity contribution in [2.75, 3.05) is 12.4 Å². The smallest absolute Gasteiger partial charge is 0.358 e. The van der Waals surface area contributed by atoms with Crippen LogP contribution in [0.15, 0.2) is 12.3 Å². The van der Waals surface area contributed by atoms with E-state index < -0.39 is 5.97 Å². The van der Waals surface area contributed by atoms with E-state index in [0.29, 0.717) is 5.69 Å². The second-order valence-corrected chi connectivity index (χ2v) is 2.68. The molecule has 0 bridgehead atoms. The van der Waals surface area contributed by atoms with E-state index in [2.05, 4.69) is 15.0 Å². The zero-order valence-corrected chi connectivity index (χ0v) is 7.96. The lowest BCUT2D eigenvalue weighted by Gasteiger charge is -2.02. The van der Waals surface area contributed by atoms with Crippen LogP contribution >= 0.6 is 11.6 Å². The quantitative estimate of drug-likeness (QED) is 0.601. The molecule has 1 rings (SSSR count). The highest BCUT2D eigenvalue weighted by atomic mass is 35.5. The number of esters is 1. The van der Waals surface area contributed by atoms with Crippen molar-refractivity contribution >= 4 is 29.7 Å². The first-order valence-corrected chi connectivity index (χ1v) is 3.94. The molecule has 0 unspecified atom stereocenters. The third-order valence-corrected chi connectivity index (χ3v) is 1.70. The molecule has 0 atom stereocenters. The van der Waals surface area contributed by atoms with E-state index in [1.165, 1.54) is 25.8 Å². The lowest BCUT2D eigenvalue weighted by atomic mass is 10.3. The van der Waals surface area contributed by atoms with Crippen molar-refractivity contribution in [1.29, 1.82) is 0 Å². The third-order valence-electron chi connectivity index (χ3n) is 1.42. The first-order chi connectivity index (χ1) is 6.69. The summed E-state index contributed by atoms with van der Waals surface area (Å²) in [7, 11) is 1.23. The first-order valence-electron chi connectivity index (χ1n) is 3.56. The number of aromatic nitrogens is 1. The molecule has 0 saturated heterocycles. The minimum atomic E-state index is -0.628. The zero-order valence-electron chi connectivity index (χ0n) is 7.20. The van der Waals surface area contributed by atoms with Crippen molar-refractivity contribution in [3.8, 4) is 0 Å². The average Bonchev–Trinajstić information content (AvgIpc) is 2.17. The largest absolute Gasteiger partial charge is 0.464 e. The van der Waals surface area contributed by atoms with Crippen LogP contribution in [0.1, 0.15) is 10.5 Å². The van der Waals surface area contributed by atoms with Crippen LogP contribution in [0.2, 0.25) is 5.02 Å². The van der Waals surface area contributed by atoms with E-state index in [-0.39, 0.29) is 10.7 Å². The fourth-order valence-corrected chi connectivity index (χ4v) is 1.06. The number of carbonyl (C=O) groups excluding carboxylic acids is 2. The van der Waals surface area contributed by atoms with Gasteiger partial charge < -0.3 is 10.1 Å². The van der Waals surface area contributed by atoms with Gasteiger partial charge in [-0.15, -0.1) is 0 Å². The highest BCUT2D eigenvalue weighted by Crippen LogP contribution is 2.18. The SMILES string of the molecule is COC(=O)c1ncc(N[C]=O)cc1Cl. The molecule has 1 aromatic heterocycles. The molecule has 73 valence electrons. The van der Waals surface area contributed by atoms with Crippen LogP contribution in [0.3, 0.4) is 0 Å². The first kappa shape index (κ1) is 10.5. The number of hydrogen-bond donors (Lipinski definition) is 1. The van der Waals surface area contributed by atoms with Crippen LogP contribution < -0.4 is 5.32 Å². The van der Waals surface area contributed by atoms with Crippen LogP contribution in [-0.4, -0.2) is 24.5 Å². The molecule has 0 fully saturated rings. The Kier molecular flexibility index (Phi) is 3.41. The topological polar surface area (TPSA) is 68.3 Å². The van der Waals surface area contributed by atoms with Gasteiger partial charge in [-0.05, 0) is 6.07 Å². The number of carbonyl (C=O) groups is 1. The molecule has 0 aromatic carbocycles. The van der Waals surface area contributed by atoms with Gasteiger partial charge in [0.15, 0.2) is 5.69 Å². The van der Waals surface area contributed by atoms with Gasteiger partial charge in [0.25, 0.3) is 0 Å². The molecule has 0 aliphatic rings. The van der Waals surface area contributed by atoms with Crippen LogP contribution in [-0.2, 0) is 9.53 Å². The van der Waals surface area contributed by atoms with E-state index in [1.54, 1.807) is 0 Å². The van der Waals surface area contributed by atoms with Crippen molar-refractivity contribution in [1.82, 2.24) is 4.98 Å². The number of nitrogens with zero attached hydrogens (tertiary/aromatic N) is 1. The van der Waals surface area contributed by atoms with E-state index in [4.69, 9.17) is 11.6 Å². The number of rotatable bonds is 3. The molecule has 1 N–H and O–H groups in total. The predicted molar refractivity (Wildman–Crippen MR) is 49.9 cm³/mol. The number of methoxy groups -OCH3 is 1. The monoisotopic (exact) mass is 213 g/mol. The molecule has 0 spiro atoms. The molecule has 6 heteroatoms. The fourth-order valence-electron chi connectivity index (χ4n) is 0.812. The summed E-state index contributed by atoms with van der Waals surface area (Å²) in [5.74, 6) is -0.628. The van der Waals surface area contributed by atoms with Gasteiger partial charge in [-0.25, -0.2) is 9.78 Å². The normalized spacial score (nSPS) is 9.29. The Labute approximate surface area is 85.0 Å². The molecular weight excluding hydrogens is 208 g/mol. The number of amides is 1. The average molecular weight is 214 g/mol. The highest BCUT2D eigenvalue weighted by molar-refractivity contribution is 6.33. The van der Waals surface area contributed by atoms with Gasteiger partial charge in [-0.1, -0.05) is 11.6 Å². The van der Waals surface area contributed by atoms with Crippen molar-refractivity contribution in [2.45, 2.75) is 0 Å². The number of hydrogen-bond acceptors (Lipinski definition) is 4. The van der Waals surface area contributed by atoms with Crippen LogP contribution in [0.4, 0.5) is 5.69 Å². The number of ether oxygens (including phenoxy) is 1. The van der Waals surface area contributed by atoms with E-state index in [0.717, 1.165) is 0 Å². The minimum Gasteiger partial charge on any atom is -0.464 e. The fraction of sp³-hybridized carbons (Fsp3) is 0.125. The second-order valence-electron chi connectivity index (χ2n) is 2.27. The number of nitrogens with one attached hydrogen (secondary N) is 1. The van der Waals surface area contributed by atoms with Crippen molar-refractivity contribution < 1.29 is 14.3 Å². The molecule has 0 aliphatic heterocycles. The molecule has 1 radical (unpaired) electrons. The van der Waals surface area contributed by atoms with Crippen LogP contribution in [0.5, 0.6) is 0 Å². The maximum absolute atomic E-state index is 11.0. The van der Waals surface area contributed by atoms with Gasteiger partial charge in [-0.3, -0.25) is 4.79 Å². The Hall–Kier alpha value is -1.62. The lowest BCUT2D eigenvalue weighted by Crippen LogP contribution is -2.06. The van der Waals surface area contributed by atoms with Gasteiger partial charge in [0.1, 0.15) is 0 Å². The Morgan fingerprint density at radius 1 is 1.71 bits per heavy atom. The summed E-state index contributed by atoms with van der Waals surface area (Å²) in [6, 6.07) is 1.38. The maximum Gasteiger partial charge on any atom is 0.358 e. The lowest BCUT2D eigenvalue weighted by molar-refractivity contribution is 0.0594. The molecule has 14 heavy (non-hydrogen) atoms. The van der Waals surface area contributed by atoms with Gasteiger partial charge in [0.2, 0.25) is 0 Å². The Bertz CT molecular complexity index is 368. The predicted octanol–water partition coefficient (Wildman–Crippen LogP) is 1.00. The van der Waals surface area contributed by atoms with E-state index >= 15 is 0 Å². The summed E-state index contributed by atoms with van der Waals surface area (Å²) < 4.78 is 4.43. The number of anilines is 1. The van der Waals surface area contributed by atoms with E-state index in [1.807, 2.05) is 0 Å². The summed E-state index contributed by atoms with van der Waals surface area (Å²) in [6.07, 6.45) is 2.74. The van der Waals surface area contributed by atoms with Crippen molar-refractivity contribution in [3.63, 3.8) is 0 Å². The molecule has 1 aromatic rings. The summed E-state index contributed by atoms with van der Waals surface area (Å²) in [5, 5.41) is 2.34. The van der Waals surface area contributed by atoms with Crippen LogP contribution in [0.25, 0.3) is 0 Å². The maximum atomic E-state index is 11.0. The summed E-state index contributed by atoms with van der Waals surface area (Å²) in [4.78, 5) is 24.7. The molecule has 5 nitrogen and oxygen atoms in total. The number of halogens is 1. The molecule has 0 saturated carbocycles. The van der Waals surface area contributed by atoms with Gasteiger partial charge >= 0.3 is 12.4 Å². The van der Waals surface area contributed by atoms with Gasteiger partial charge in [-0.2, -0.15) is 0 Å². The standard InChI is InChI=1S/C8H6ClN2O3/c1-14-8(13)7-6(9)2-5(3-10-7)11-4-12/h2-3H,1H3,(H,11,12). The van der Waals surface area contributed by atoms with Crippen LogP contribution in [0, 0.1) is 0 Å².